The molecule has 0 atom stereocenters. The van der Waals surface area contributed by atoms with E-state index >= 15 is 0 Å². The van der Waals surface area contributed by atoms with Crippen LogP contribution in [0, 0.1) is 0 Å². The summed E-state index contributed by atoms with van der Waals surface area (Å²) in [5, 5.41) is -1.29. The Morgan fingerprint density at radius 3 is 1.77 bits per heavy atom. The summed E-state index contributed by atoms with van der Waals surface area (Å²) in [7, 11) is -14.9. The third kappa shape index (κ3) is 3.11. The Hall–Kier alpha value is -1.57. The highest BCUT2D eigenvalue weighted by Gasteiger charge is 2.24. The van der Waals surface area contributed by atoms with Gasteiger partial charge in [0.15, 0.2) is 0 Å². The van der Waals surface area contributed by atoms with Gasteiger partial charge in [-0.25, -0.2) is 0 Å². The van der Waals surface area contributed by atoms with Gasteiger partial charge in [0.25, 0.3) is 30.4 Å². The van der Waals surface area contributed by atoms with Gasteiger partial charge in [0.2, 0.25) is 0 Å². The molecular weight excluding hydrogens is 360 g/mol. The largest absolute Gasteiger partial charge is 0.295 e. The van der Waals surface area contributed by atoms with Crippen molar-refractivity contribution in [3.05, 3.63) is 30.3 Å². The fraction of sp³-hybridized carbons (Fsp3) is 0. The second-order valence-corrected chi connectivity index (χ2v) is 8.31. The molecule has 0 spiro atoms. The Kier molecular flexibility index (Phi) is 3.47. The number of hydrogen-bond acceptors (Lipinski definition) is 6. The van der Waals surface area contributed by atoms with E-state index in [1.807, 2.05) is 0 Å². The molecule has 0 saturated carbocycles. The van der Waals surface area contributed by atoms with Crippen LogP contribution < -0.4 is 0 Å². The topological polar surface area (TPSA) is 163 Å². The summed E-state index contributed by atoms with van der Waals surface area (Å²) >= 11 is 0. The molecule has 12 heteroatoms. The maximum Gasteiger partial charge on any atom is 0.295 e. The molecule has 0 saturated heterocycles. The summed E-state index contributed by atoms with van der Waals surface area (Å²) in [6.07, 6.45) is 0. The quantitative estimate of drug-likeness (QED) is 0.656. The lowest BCUT2D eigenvalue weighted by Crippen LogP contribution is -2.06. The Balaban J connectivity index is 3.25. The van der Waals surface area contributed by atoms with Crippen molar-refractivity contribution >= 4 is 41.1 Å². The van der Waals surface area contributed by atoms with Crippen molar-refractivity contribution in [2.24, 2.45) is 0 Å². The van der Waals surface area contributed by atoms with Crippen molar-refractivity contribution in [2.45, 2.75) is 14.7 Å². The molecule has 0 bridgehead atoms. The Morgan fingerprint density at radius 2 is 1.32 bits per heavy atom. The van der Waals surface area contributed by atoms with E-state index in [9.17, 15) is 29.8 Å². The molecule has 2 aromatic rings. The number of fused-ring (bicyclic) bond motifs is 1. The molecule has 3 N–H and O–H groups in total. The van der Waals surface area contributed by atoms with Gasteiger partial charge >= 0.3 is 0 Å². The van der Waals surface area contributed by atoms with Gasteiger partial charge in [-0.1, -0.05) is 12.1 Å². The van der Waals surface area contributed by atoms with Crippen molar-refractivity contribution in [1.29, 1.82) is 0 Å². The van der Waals surface area contributed by atoms with E-state index < -0.39 is 61.9 Å². The molecule has 2 rings (SSSR count). The highest BCUT2D eigenvalue weighted by molar-refractivity contribution is 7.87. The third-order valence-corrected chi connectivity index (χ3v) is 5.28. The van der Waals surface area contributed by atoms with E-state index in [1.54, 1.807) is 0 Å². The van der Waals surface area contributed by atoms with E-state index in [2.05, 4.69) is 0 Å². The van der Waals surface area contributed by atoms with Crippen LogP contribution in [0.3, 0.4) is 0 Å². The monoisotopic (exact) mass is 369 g/mol. The van der Waals surface area contributed by atoms with Gasteiger partial charge in [-0.3, -0.25) is 13.7 Å². The molecule has 0 unspecified atom stereocenters. The first-order chi connectivity index (χ1) is 10.2. The molecule has 0 aliphatic rings. The minimum absolute atomic E-state index is 0.374. The summed E-state index contributed by atoms with van der Waals surface area (Å²) in [6, 6.07) is 1.98. The van der Waals surface area contributed by atoms with Crippen molar-refractivity contribution in [3.8, 4) is 0 Å². The molecule has 0 heterocycles. The predicted octanol–water partition coefficient (Wildman–Crippen LogP) is 0.580. The maximum absolute atomic E-state index is 11.4. The summed E-state index contributed by atoms with van der Waals surface area (Å²) < 4.78 is 103. The molecule has 0 aliphatic heterocycles. The molecule has 0 aliphatic carbocycles. The molecular formula is C10H8O9S3. The van der Waals surface area contributed by atoms with Gasteiger partial charge in [-0.15, -0.1) is 0 Å². The van der Waals surface area contributed by atoms with Gasteiger partial charge < -0.3 is 0 Å². The molecule has 0 aromatic heterocycles. The zero-order valence-electron chi connectivity index (χ0n) is 11.3. The summed E-state index contributed by atoms with van der Waals surface area (Å²) in [6.45, 7) is 0. The van der Waals surface area contributed by atoms with E-state index in [-0.39, 0.29) is 0 Å². The average Bonchev–Trinajstić information content (AvgIpc) is 2.34. The molecule has 0 amide bonds. The fourth-order valence-electron chi connectivity index (χ4n) is 1.80. The van der Waals surface area contributed by atoms with Crippen LogP contribution in [0.4, 0.5) is 0 Å². The van der Waals surface area contributed by atoms with Gasteiger partial charge in [-0.2, -0.15) is 25.3 Å². The Morgan fingerprint density at radius 1 is 0.773 bits per heavy atom. The van der Waals surface area contributed by atoms with Crippen LogP contribution in [0.5, 0.6) is 0 Å². The van der Waals surface area contributed by atoms with Crippen LogP contribution in [-0.4, -0.2) is 38.9 Å². The Bertz CT molecular complexity index is 1130. The maximum atomic E-state index is 11.4. The fourth-order valence-corrected chi connectivity index (χ4v) is 3.79. The van der Waals surface area contributed by atoms with E-state index in [4.69, 9.17) is 10.5 Å². The van der Waals surface area contributed by atoms with Crippen LogP contribution in [-0.2, 0) is 30.4 Å². The number of rotatable bonds is 3. The van der Waals surface area contributed by atoms with Crippen molar-refractivity contribution in [2.75, 3.05) is 0 Å². The van der Waals surface area contributed by atoms with Crippen LogP contribution in [0.2, 0.25) is 0 Å². The molecule has 0 fully saturated rings. The lowest BCUT2D eigenvalue weighted by molar-refractivity contribution is 0.478. The highest BCUT2D eigenvalue weighted by Crippen LogP contribution is 2.31. The summed E-state index contributed by atoms with van der Waals surface area (Å²) in [4.78, 5) is -3.02. The summed E-state index contributed by atoms with van der Waals surface area (Å²) in [5.74, 6) is 0. The van der Waals surface area contributed by atoms with E-state index in [0.717, 1.165) is 12.1 Å². The first-order valence-corrected chi connectivity index (χ1v) is 9.55. The van der Waals surface area contributed by atoms with Crippen LogP contribution in [0.1, 0.15) is 1.37 Å². The molecule has 9 nitrogen and oxygen atoms in total. The average molecular weight is 369 g/mol. The lowest BCUT2D eigenvalue weighted by atomic mass is 10.1. The van der Waals surface area contributed by atoms with Gasteiger partial charge in [0, 0.05) is 10.8 Å². The van der Waals surface area contributed by atoms with Gasteiger partial charge in [-0.05, 0) is 18.2 Å². The number of benzene rings is 2. The third-order valence-electron chi connectivity index (χ3n) is 2.66. The van der Waals surface area contributed by atoms with E-state index in [0.29, 0.717) is 12.1 Å². The Labute approximate surface area is 126 Å². The standard InChI is InChI=1S/C10H8O9S3/c11-20(12,13)6-4-8-7(10(5-6)22(17,18)19)2-1-3-9(8)21(14,15)16/h1-5H,(H,11,12,13)(H,14,15,16)(H,17,18,19)/i2D. The van der Waals surface area contributed by atoms with Crippen molar-refractivity contribution in [3.63, 3.8) is 0 Å². The molecule has 0 radical (unpaired) electrons. The van der Waals surface area contributed by atoms with Crippen LogP contribution in [0.15, 0.2) is 45.0 Å². The zero-order valence-corrected chi connectivity index (χ0v) is 12.8. The summed E-state index contributed by atoms with van der Waals surface area (Å²) in [5.41, 5.74) is 0. The smallest absolute Gasteiger partial charge is 0.282 e. The first kappa shape index (κ1) is 15.3. The second kappa shape index (κ2) is 4.97. The molecule has 2 aromatic carbocycles. The van der Waals surface area contributed by atoms with Crippen LogP contribution >= 0.6 is 0 Å². The molecule has 120 valence electrons. The van der Waals surface area contributed by atoms with Gasteiger partial charge in [0.1, 0.15) is 9.79 Å². The SMILES string of the molecule is [2H]c1ccc(S(=O)(=O)O)c2cc(S(=O)(=O)O)cc(S(=O)(=O)O)c12. The predicted molar refractivity (Wildman–Crippen MR) is 73.4 cm³/mol. The lowest BCUT2D eigenvalue weighted by Gasteiger charge is -2.09. The zero-order chi connectivity index (χ0) is 17.8. The second-order valence-electron chi connectivity index (χ2n) is 4.11. The first-order valence-electron chi connectivity index (χ1n) is 5.73. The normalized spacial score (nSPS) is 14.0. The minimum Gasteiger partial charge on any atom is -0.282 e. The van der Waals surface area contributed by atoms with Gasteiger partial charge in [0.05, 0.1) is 6.27 Å². The van der Waals surface area contributed by atoms with Crippen LogP contribution in [0.25, 0.3) is 10.8 Å². The number of hydrogen-bond donors (Lipinski definition) is 3. The van der Waals surface area contributed by atoms with Crippen molar-refractivity contribution < 1.29 is 40.3 Å². The molecule has 22 heavy (non-hydrogen) atoms. The van der Waals surface area contributed by atoms with Crippen molar-refractivity contribution in [1.82, 2.24) is 0 Å². The minimum atomic E-state index is -5.07. The van der Waals surface area contributed by atoms with E-state index in [1.165, 1.54) is 0 Å². The highest BCUT2D eigenvalue weighted by atomic mass is 32.2.